The zero-order chi connectivity index (χ0) is 18.0. The first-order valence-corrected chi connectivity index (χ1v) is 8.69. The predicted molar refractivity (Wildman–Crippen MR) is 97.9 cm³/mol. The van der Waals surface area contributed by atoms with E-state index in [1.165, 1.54) is 22.0 Å². The lowest BCUT2D eigenvalue weighted by molar-refractivity contribution is -0.113. The Hall–Kier alpha value is -2.74. The fourth-order valence-corrected chi connectivity index (χ4v) is 2.98. The van der Waals surface area contributed by atoms with Crippen molar-refractivity contribution in [3.63, 3.8) is 0 Å². The monoisotopic (exact) mass is 357 g/mol. The van der Waals surface area contributed by atoms with E-state index in [1.807, 2.05) is 39.0 Å². The summed E-state index contributed by atoms with van der Waals surface area (Å²) in [7, 11) is 0. The maximum Gasteiger partial charge on any atom is 0.234 e. The van der Waals surface area contributed by atoms with Crippen molar-refractivity contribution >= 4 is 23.4 Å². The molecule has 3 aromatic rings. The van der Waals surface area contributed by atoms with Crippen molar-refractivity contribution in [2.45, 2.75) is 25.9 Å². The summed E-state index contributed by atoms with van der Waals surface area (Å²) in [6.45, 7) is 5.87. The van der Waals surface area contributed by atoms with E-state index in [4.69, 9.17) is 10.3 Å². The number of thioether (sulfide) groups is 1. The van der Waals surface area contributed by atoms with E-state index in [-0.39, 0.29) is 11.7 Å². The van der Waals surface area contributed by atoms with Crippen LogP contribution in [0.3, 0.4) is 0 Å². The Bertz CT molecular complexity index is 916. The average Bonchev–Trinajstić information content (AvgIpc) is 3.14. The normalized spacial score (nSPS) is 10.8. The van der Waals surface area contributed by atoms with Gasteiger partial charge in [-0.3, -0.25) is 4.79 Å². The molecule has 7 nitrogen and oxygen atoms in total. The molecule has 3 rings (SSSR count). The van der Waals surface area contributed by atoms with Gasteiger partial charge in [-0.05, 0) is 50.1 Å². The van der Waals surface area contributed by atoms with Gasteiger partial charge in [0.15, 0.2) is 5.82 Å². The van der Waals surface area contributed by atoms with Gasteiger partial charge in [0.05, 0.1) is 17.6 Å². The highest BCUT2D eigenvalue weighted by Gasteiger charge is 2.16. The Morgan fingerprint density at radius 1 is 1.24 bits per heavy atom. The Morgan fingerprint density at radius 3 is 2.72 bits per heavy atom. The highest BCUT2D eigenvalue weighted by molar-refractivity contribution is 7.99. The summed E-state index contributed by atoms with van der Waals surface area (Å²) < 4.78 is 6.63. The SMILES string of the molecule is Cc1ccc(NC(=O)CSc2nnc(-c3ccoc3C)n2N)cc1C. The Balaban J connectivity index is 1.64. The van der Waals surface area contributed by atoms with Crippen molar-refractivity contribution in [2.24, 2.45) is 0 Å². The molecule has 1 amide bonds. The van der Waals surface area contributed by atoms with Crippen LogP contribution in [0.4, 0.5) is 5.69 Å². The second kappa shape index (κ2) is 7.02. The molecule has 2 aromatic heterocycles. The number of amides is 1. The number of anilines is 1. The number of rotatable bonds is 5. The van der Waals surface area contributed by atoms with Crippen LogP contribution in [0.15, 0.2) is 40.1 Å². The van der Waals surface area contributed by atoms with Crippen molar-refractivity contribution < 1.29 is 9.21 Å². The number of nitrogens with one attached hydrogen (secondary N) is 1. The molecule has 0 spiro atoms. The molecule has 25 heavy (non-hydrogen) atoms. The van der Waals surface area contributed by atoms with Gasteiger partial charge in [-0.25, -0.2) is 4.68 Å². The third-order valence-electron chi connectivity index (χ3n) is 3.89. The van der Waals surface area contributed by atoms with Crippen LogP contribution in [-0.4, -0.2) is 26.5 Å². The third-order valence-corrected chi connectivity index (χ3v) is 4.83. The molecule has 0 saturated heterocycles. The van der Waals surface area contributed by atoms with E-state index in [2.05, 4.69) is 15.5 Å². The first-order valence-electron chi connectivity index (χ1n) is 7.70. The molecule has 2 heterocycles. The van der Waals surface area contributed by atoms with Gasteiger partial charge in [-0.15, -0.1) is 10.2 Å². The molecule has 1 aromatic carbocycles. The lowest BCUT2D eigenvalue weighted by Crippen LogP contribution is -2.16. The average molecular weight is 357 g/mol. The van der Waals surface area contributed by atoms with Gasteiger partial charge in [0.25, 0.3) is 0 Å². The molecular weight excluding hydrogens is 338 g/mol. The minimum absolute atomic E-state index is 0.128. The molecule has 3 N–H and O–H groups in total. The Morgan fingerprint density at radius 2 is 2.04 bits per heavy atom. The van der Waals surface area contributed by atoms with Crippen LogP contribution in [0.1, 0.15) is 16.9 Å². The molecule has 0 atom stereocenters. The van der Waals surface area contributed by atoms with Crippen molar-refractivity contribution in [1.82, 2.24) is 14.9 Å². The van der Waals surface area contributed by atoms with E-state index in [0.29, 0.717) is 16.7 Å². The highest BCUT2D eigenvalue weighted by Crippen LogP contribution is 2.25. The van der Waals surface area contributed by atoms with Crippen LogP contribution in [0.2, 0.25) is 0 Å². The van der Waals surface area contributed by atoms with Gasteiger partial charge in [0, 0.05) is 5.69 Å². The molecule has 0 aliphatic rings. The molecule has 0 aliphatic carbocycles. The van der Waals surface area contributed by atoms with Gasteiger partial charge in [-0.1, -0.05) is 17.8 Å². The summed E-state index contributed by atoms with van der Waals surface area (Å²) in [6, 6.07) is 7.59. The lowest BCUT2D eigenvalue weighted by Gasteiger charge is -2.07. The minimum atomic E-state index is -0.128. The van der Waals surface area contributed by atoms with E-state index >= 15 is 0 Å². The second-order valence-electron chi connectivity index (χ2n) is 5.70. The molecule has 0 saturated carbocycles. The maximum absolute atomic E-state index is 12.1. The smallest absolute Gasteiger partial charge is 0.234 e. The topological polar surface area (TPSA) is 99.0 Å². The number of aromatic nitrogens is 3. The van der Waals surface area contributed by atoms with Gasteiger partial charge >= 0.3 is 0 Å². The second-order valence-corrected chi connectivity index (χ2v) is 6.65. The number of benzene rings is 1. The van der Waals surface area contributed by atoms with Crippen molar-refractivity contribution in [3.05, 3.63) is 47.4 Å². The molecule has 0 unspecified atom stereocenters. The molecule has 0 bridgehead atoms. The Labute approximate surface area is 149 Å². The number of furan rings is 1. The zero-order valence-corrected chi connectivity index (χ0v) is 15.1. The summed E-state index contributed by atoms with van der Waals surface area (Å²) in [5, 5.41) is 11.5. The summed E-state index contributed by atoms with van der Waals surface area (Å²) in [6.07, 6.45) is 1.57. The molecular formula is C17H19N5O2S. The fourth-order valence-electron chi connectivity index (χ4n) is 2.32. The van der Waals surface area contributed by atoms with Gasteiger partial charge in [0.1, 0.15) is 5.76 Å². The van der Waals surface area contributed by atoms with Crippen LogP contribution >= 0.6 is 11.8 Å². The van der Waals surface area contributed by atoms with Gasteiger partial charge in [0.2, 0.25) is 11.1 Å². The first kappa shape index (κ1) is 17.1. The molecule has 8 heteroatoms. The van der Waals surface area contributed by atoms with Crippen molar-refractivity contribution in [3.8, 4) is 11.4 Å². The summed E-state index contributed by atoms with van der Waals surface area (Å²) >= 11 is 1.23. The van der Waals surface area contributed by atoms with Crippen LogP contribution in [0.25, 0.3) is 11.4 Å². The summed E-state index contributed by atoms with van der Waals surface area (Å²) in [4.78, 5) is 12.1. The maximum atomic E-state index is 12.1. The van der Waals surface area contributed by atoms with Crippen molar-refractivity contribution in [1.29, 1.82) is 0 Å². The number of carbonyl (C=O) groups is 1. The third kappa shape index (κ3) is 3.69. The highest BCUT2D eigenvalue weighted by atomic mass is 32.2. The van der Waals surface area contributed by atoms with E-state index in [0.717, 1.165) is 16.8 Å². The number of carbonyl (C=O) groups excluding carboxylic acids is 1. The standard InChI is InChI=1S/C17H19N5O2S/c1-10-4-5-13(8-11(10)2)19-15(23)9-25-17-21-20-16(22(17)18)14-6-7-24-12(14)3/h4-8H,9,18H2,1-3H3,(H,19,23). The fraction of sp³-hybridized carbons (Fsp3) is 0.235. The van der Waals surface area contributed by atoms with Gasteiger partial charge in [-0.2, -0.15) is 0 Å². The predicted octanol–water partition coefficient (Wildman–Crippen LogP) is 2.91. The summed E-state index contributed by atoms with van der Waals surface area (Å²) in [5.41, 5.74) is 3.87. The van der Waals surface area contributed by atoms with Crippen LogP contribution in [-0.2, 0) is 4.79 Å². The quantitative estimate of drug-likeness (QED) is 0.538. The molecule has 0 radical (unpaired) electrons. The number of hydrogen-bond acceptors (Lipinski definition) is 6. The largest absolute Gasteiger partial charge is 0.469 e. The van der Waals surface area contributed by atoms with Crippen molar-refractivity contribution in [2.75, 3.05) is 16.9 Å². The van der Waals surface area contributed by atoms with E-state index in [1.54, 1.807) is 12.3 Å². The number of nitrogen functional groups attached to an aromatic ring is 1. The van der Waals surface area contributed by atoms with Crippen LogP contribution in [0, 0.1) is 20.8 Å². The first-order chi connectivity index (χ1) is 12.0. The van der Waals surface area contributed by atoms with Crippen LogP contribution in [0.5, 0.6) is 0 Å². The summed E-state index contributed by atoms with van der Waals surface area (Å²) in [5.74, 6) is 7.31. The molecule has 0 aliphatic heterocycles. The van der Waals surface area contributed by atoms with E-state index < -0.39 is 0 Å². The zero-order valence-electron chi connectivity index (χ0n) is 14.2. The Kier molecular flexibility index (Phi) is 4.80. The van der Waals surface area contributed by atoms with E-state index in [9.17, 15) is 4.79 Å². The van der Waals surface area contributed by atoms with Crippen LogP contribution < -0.4 is 11.2 Å². The number of nitrogens with zero attached hydrogens (tertiary/aromatic N) is 3. The van der Waals surface area contributed by atoms with Gasteiger partial charge < -0.3 is 15.6 Å². The molecule has 0 fully saturated rings. The minimum Gasteiger partial charge on any atom is -0.469 e. The lowest BCUT2D eigenvalue weighted by atomic mass is 10.1. The number of aryl methyl sites for hydroxylation is 3. The molecule has 130 valence electrons. The number of hydrogen-bond donors (Lipinski definition) is 2. The number of nitrogens with two attached hydrogens (primary N) is 1.